The van der Waals surface area contributed by atoms with Crippen LogP contribution in [0.25, 0.3) is 6.08 Å². The van der Waals surface area contributed by atoms with E-state index in [9.17, 15) is 0 Å². The number of fused-ring (bicyclic) bond motifs is 1. The first-order chi connectivity index (χ1) is 8.26. The highest BCUT2D eigenvalue weighted by molar-refractivity contribution is 6.32. The van der Waals surface area contributed by atoms with Crippen LogP contribution in [0.1, 0.15) is 30.4 Å². The van der Waals surface area contributed by atoms with Gasteiger partial charge in [-0.25, -0.2) is 9.97 Å². The van der Waals surface area contributed by atoms with Crippen molar-refractivity contribution in [3.8, 4) is 0 Å². The van der Waals surface area contributed by atoms with E-state index >= 15 is 0 Å². The van der Waals surface area contributed by atoms with Crippen molar-refractivity contribution in [2.75, 3.05) is 18.5 Å². The van der Waals surface area contributed by atoms with Crippen molar-refractivity contribution < 1.29 is 0 Å². The summed E-state index contributed by atoms with van der Waals surface area (Å²) in [4.78, 5) is 11.5. The Balaban J connectivity index is 2.37. The van der Waals surface area contributed by atoms with E-state index < -0.39 is 0 Å². The number of aromatic nitrogens is 2. The molecule has 0 saturated carbocycles. The van der Waals surface area contributed by atoms with Crippen LogP contribution in [0.2, 0.25) is 6.82 Å². The van der Waals surface area contributed by atoms with Gasteiger partial charge in [-0.3, -0.25) is 0 Å². The monoisotopic (exact) mass is 228 g/mol. The van der Waals surface area contributed by atoms with Gasteiger partial charge < -0.3 is 4.90 Å². The van der Waals surface area contributed by atoms with E-state index in [1.807, 2.05) is 6.82 Å². The smallest absolute Gasteiger partial charge is 0.139 e. The topological polar surface area (TPSA) is 29.0 Å². The Bertz CT molecular complexity index is 429. The Morgan fingerprint density at radius 3 is 2.94 bits per heavy atom. The largest absolute Gasteiger partial charge is 0.359 e. The van der Waals surface area contributed by atoms with Crippen LogP contribution in [0.4, 0.5) is 5.82 Å². The minimum Gasteiger partial charge on any atom is -0.359 e. The van der Waals surface area contributed by atoms with Crippen molar-refractivity contribution >= 4 is 19.2 Å². The standard InChI is InChI=1S/C13H19BN3/c1-4-8-17(3)13-10-6-5-7-11(10)15-12(16-13)9-14-2/h5-6H,4,7-9H2,1-3H3. The summed E-state index contributed by atoms with van der Waals surface area (Å²) in [7, 11) is 4.21. The van der Waals surface area contributed by atoms with Crippen molar-refractivity contribution in [2.45, 2.75) is 32.9 Å². The number of hydrogen-bond donors (Lipinski definition) is 0. The van der Waals surface area contributed by atoms with Crippen LogP contribution >= 0.6 is 0 Å². The Morgan fingerprint density at radius 1 is 1.41 bits per heavy atom. The molecule has 0 fully saturated rings. The fraction of sp³-hybridized carbons (Fsp3) is 0.538. The van der Waals surface area contributed by atoms with Gasteiger partial charge in [0.2, 0.25) is 0 Å². The van der Waals surface area contributed by atoms with Crippen LogP contribution in [0.5, 0.6) is 0 Å². The lowest BCUT2D eigenvalue weighted by atomic mass is 9.78. The lowest BCUT2D eigenvalue weighted by Gasteiger charge is -2.20. The first kappa shape index (κ1) is 12.2. The first-order valence-corrected chi connectivity index (χ1v) is 6.31. The van der Waals surface area contributed by atoms with E-state index in [2.05, 4.69) is 48.3 Å². The number of nitrogens with zero attached hydrogens (tertiary/aromatic N) is 3. The molecule has 1 radical (unpaired) electrons. The van der Waals surface area contributed by atoms with E-state index in [-0.39, 0.29) is 0 Å². The van der Waals surface area contributed by atoms with Crippen LogP contribution in [0.15, 0.2) is 6.08 Å². The third-order valence-electron chi connectivity index (χ3n) is 2.95. The molecule has 0 bridgehead atoms. The third-order valence-corrected chi connectivity index (χ3v) is 2.95. The maximum atomic E-state index is 4.68. The molecule has 0 atom stereocenters. The van der Waals surface area contributed by atoms with Crippen molar-refractivity contribution in [3.63, 3.8) is 0 Å². The molecule has 2 rings (SSSR count). The molecule has 0 aromatic carbocycles. The van der Waals surface area contributed by atoms with E-state index in [0.717, 1.165) is 37.3 Å². The van der Waals surface area contributed by atoms with Crippen LogP contribution in [-0.2, 0) is 12.7 Å². The zero-order valence-corrected chi connectivity index (χ0v) is 10.9. The molecular weight excluding hydrogens is 209 g/mol. The molecule has 0 N–H and O–H groups in total. The predicted molar refractivity (Wildman–Crippen MR) is 73.7 cm³/mol. The fourth-order valence-electron chi connectivity index (χ4n) is 2.17. The minimum absolute atomic E-state index is 0.847. The van der Waals surface area contributed by atoms with Crippen LogP contribution in [0.3, 0.4) is 0 Å². The third kappa shape index (κ3) is 2.51. The molecule has 0 spiro atoms. The van der Waals surface area contributed by atoms with Crippen molar-refractivity contribution in [1.29, 1.82) is 0 Å². The second-order valence-electron chi connectivity index (χ2n) is 4.46. The molecular formula is C13H19BN3. The van der Waals surface area contributed by atoms with Gasteiger partial charge in [-0.15, -0.1) is 0 Å². The summed E-state index contributed by atoms with van der Waals surface area (Å²) >= 11 is 0. The Kier molecular flexibility index (Phi) is 3.82. The zero-order valence-electron chi connectivity index (χ0n) is 10.9. The highest BCUT2D eigenvalue weighted by atomic mass is 15.2. The maximum absolute atomic E-state index is 4.68. The Labute approximate surface area is 104 Å². The summed E-state index contributed by atoms with van der Waals surface area (Å²) in [5.74, 6) is 2.02. The summed E-state index contributed by atoms with van der Waals surface area (Å²) in [6, 6.07) is 0. The van der Waals surface area contributed by atoms with Gasteiger partial charge >= 0.3 is 0 Å². The first-order valence-electron chi connectivity index (χ1n) is 6.31. The molecule has 4 heteroatoms. The number of rotatable bonds is 5. The second kappa shape index (κ2) is 5.34. The minimum atomic E-state index is 0.847. The second-order valence-corrected chi connectivity index (χ2v) is 4.46. The molecule has 0 aliphatic heterocycles. The van der Waals surface area contributed by atoms with Crippen molar-refractivity contribution in [2.24, 2.45) is 0 Å². The molecule has 17 heavy (non-hydrogen) atoms. The zero-order chi connectivity index (χ0) is 12.3. The number of hydrogen-bond acceptors (Lipinski definition) is 3. The Hall–Kier alpha value is -1.32. The van der Waals surface area contributed by atoms with Gasteiger partial charge in [0.15, 0.2) is 0 Å². The summed E-state index contributed by atoms with van der Waals surface area (Å²) in [5.41, 5.74) is 2.38. The Morgan fingerprint density at radius 2 is 2.24 bits per heavy atom. The van der Waals surface area contributed by atoms with Gasteiger partial charge in [-0.2, -0.15) is 0 Å². The molecule has 0 saturated heterocycles. The highest BCUT2D eigenvalue weighted by Gasteiger charge is 2.17. The van der Waals surface area contributed by atoms with E-state index in [4.69, 9.17) is 0 Å². The van der Waals surface area contributed by atoms with Gasteiger partial charge in [0.1, 0.15) is 18.9 Å². The van der Waals surface area contributed by atoms with Gasteiger partial charge in [-0.1, -0.05) is 25.9 Å². The fourth-order valence-corrected chi connectivity index (χ4v) is 2.17. The molecule has 89 valence electrons. The quantitative estimate of drug-likeness (QED) is 0.723. The molecule has 1 aromatic heterocycles. The molecule has 1 heterocycles. The molecule has 0 unspecified atom stereocenters. The van der Waals surface area contributed by atoms with Crippen LogP contribution in [0, 0.1) is 0 Å². The summed E-state index contributed by atoms with van der Waals surface area (Å²) in [6.07, 6.45) is 7.24. The molecule has 1 aromatic rings. The normalized spacial score (nSPS) is 12.6. The lowest BCUT2D eigenvalue weighted by Crippen LogP contribution is -2.22. The van der Waals surface area contributed by atoms with E-state index in [0.29, 0.717) is 0 Å². The van der Waals surface area contributed by atoms with Gasteiger partial charge in [0, 0.05) is 25.6 Å². The average molecular weight is 228 g/mol. The van der Waals surface area contributed by atoms with E-state index in [1.54, 1.807) is 0 Å². The number of anilines is 1. The van der Waals surface area contributed by atoms with Gasteiger partial charge in [0.05, 0.1) is 5.69 Å². The average Bonchev–Trinajstić information content (AvgIpc) is 2.76. The van der Waals surface area contributed by atoms with Gasteiger partial charge in [0.25, 0.3) is 0 Å². The van der Waals surface area contributed by atoms with Crippen molar-refractivity contribution in [1.82, 2.24) is 9.97 Å². The predicted octanol–water partition coefficient (Wildman–Crippen LogP) is 2.14. The molecule has 3 nitrogen and oxygen atoms in total. The molecule has 0 amide bonds. The summed E-state index contributed by atoms with van der Waals surface area (Å²) in [5, 5.41) is 0. The summed E-state index contributed by atoms with van der Waals surface area (Å²) < 4.78 is 0. The van der Waals surface area contributed by atoms with E-state index in [1.165, 1.54) is 11.3 Å². The van der Waals surface area contributed by atoms with Crippen LogP contribution in [-0.4, -0.2) is 30.8 Å². The highest BCUT2D eigenvalue weighted by Crippen LogP contribution is 2.26. The molecule has 1 aliphatic carbocycles. The van der Waals surface area contributed by atoms with Crippen molar-refractivity contribution in [3.05, 3.63) is 23.2 Å². The van der Waals surface area contributed by atoms with Crippen LogP contribution < -0.4 is 4.90 Å². The van der Waals surface area contributed by atoms with Gasteiger partial charge in [-0.05, 0) is 12.7 Å². The molecule has 1 aliphatic rings. The maximum Gasteiger partial charge on any atom is 0.139 e. The SMILES string of the molecule is C[B]Cc1nc2c(c(N(C)CCC)n1)C=CC2. The summed E-state index contributed by atoms with van der Waals surface area (Å²) in [6.45, 7) is 5.27. The number of allylic oxidation sites excluding steroid dienone is 1. The lowest BCUT2D eigenvalue weighted by molar-refractivity contribution is 0.821.